The number of aryl methyl sites for hydroxylation is 1. The lowest BCUT2D eigenvalue weighted by Crippen LogP contribution is -2.23. The molecule has 1 aromatic heterocycles. The minimum absolute atomic E-state index is 0.554. The summed E-state index contributed by atoms with van der Waals surface area (Å²) < 4.78 is 0. The molecular weight excluding hydrogens is 206 g/mol. The quantitative estimate of drug-likeness (QED) is 0.827. The molecule has 0 aromatic carbocycles. The van der Waals surface area contributed by atoms with Crippen LogP contribution in [0.25, 0.3) is 0 Å². The molecule has 0 aliphatic heterocycles. The first-order chi connectivity index (χ1) is 7.20. The van der Waals surface area contributed by atoms with E-state index in [1.54, 1.807) is 0 Å². The molecule has 3 nitrogen and oxygen atoms in total. The molecule has 1 aromatic rings. The van der Waals surface area contributed by atoms with Crippen molar-refractivity contribution in [1.82, 2.24) is 4.98 Å². The van der Waals surface area contributed by atoms with Crippen LogP contribution >= 0.6 is 11.8 Å². The van der Waals surface area contributed by atoms with Crippen molar-refractivity contribution < 1.29 is 0 Å². The molecule has 0 spiro atoms. The number of hydrogen-bond acceptors (Lipinski definition) is 4. The summed E-state index contributed by atoms with van der Waals surface area (Å²) in [5, 5.41) is 0. The zero-order chi connectivity index (χ0) is 11.3. The van der Waals surface area contributed by atoms with Crippen molar-refractivity contribution in [2.75, 3.05) is 30.5 Å². The topological polar surface area (TPSA) is 42.2 Å². The van der Waals surface area contributed by atoms with Gasteiger partial charge in [0.15, 0.2) is 0 Å². The molecule has 0 bridgehead atoms. The molecule has 0 radical (unpaired) electrons. The van der Waals surface area contributed by atoms with E-state index in [0.29, 0.717) is 6.54 Å². The highest BCUT2D eigenvalue weighted by Gasteiger charge is 2.09. The number of rotatable bonds is 5. The number of nitrogens with zero attached hydrogens (tertiary/aromatic N) is 2. The van der Waals surface area contributed by atoms with E-state index >= 15 is 0 Å². The third-order valence-corrected chi connectivity index (χ3v) is 3.05. The summed E-state index contributed by atoms with van der Waals surface area (Å²) in [7, 11) is 2.07. The molecule has 0 saturated carbocycles. The fraction of sp³-hybridized carbons (Fsp3) is 0.545. The largest absolute Gasteiger partial charge is 0.359 e. The Morgan fingerprint density at radius 3 is 2.87 bits per heavy atom. The van der Waals surface area contributed by atoms with Crippen molar-refractivity contribution in [1.29, 1.82) is 0 Å². The van der Waals surface area contributed by atoms with Gasteiger partial charge in [0, 0.05) is 37.7 Å². The van der Waals surface area contributed by atoms with Crippen LogP contribution in [0.4, 0.5) is 5.82 Å². The molecule has 0 aliphatic rings. The van der Waals surface area contributed by atoms with Crippen molar-refractivity contribution >= 4 is 17.6 Å². The Morgan fingerprint density at radius 2 is 2.27 bits per heavy atom. The van der Waals surface area contributed by atoms with Crippen LogP contribution in [0.5, 0.6) is 0 Å². The van der Waals surface area contributed by atoms with E-state index in [1.807, 2.05) is 24.0 Å². The lowest BCUT2D eigenvalue weighted by molar-refractivity contribution is 0.908. The van der Waals surface area contributed by atoms with Gasteiger partial charge in [-0.25, -0.2) is 4.98 Å². The molecule has 0 unspecified atom stereocenters. The predicted octanol–water partition coefficient (Wildman–Crippen LogP) is 1.65. The van der Waals surface area contributed by atoms with Gasteiger partial charge in [-0.2, -0.15) is 11.8 Å². The number of thioether (sulfide) groups is 1. The Morgan fingerprint density at radius 1 is 1.53 bits per heavy atom. The fourth-order valence-electron chi connectivity index (χ4n) is 1.49. The minimum atomic E-state index is 0.554. The van der Waals surface area contributed by atoms with Crippen LogP contribution in [0.15, 0.2) is 12.3 Å². The van der Waals surface area contributed by atoms with Crippen molar-refractivity contribution in [3.8, 4) is 0 Å². The lowest BCUT2D eigenvalue weighted by atomic mass is 10.1. The number of pyridine rings is 1. The van der Waals surface area contributed by atoms with Crippen LogP contribution in [-0.2, 0) is 6.54 Å². The molecule has 84 valence electrons. The van der Waals surface area contributed by atoms with Crippen molar-refractivity contribution in [3.05, 3.63) is 23.4 Å². The first kappa shape index (κ1) is 12.3. The zero-order valence-electron chi connectivity index (χ0n) is 9.66. The summed E-state index contributed by atoms with van der Waals surface area (Å²) in [5.74, 6) is 2.13. The molecule has 4 heteroatoms. The van der Waals surface area contributed by atoms with E-state index in [0.717, 1.165) is 23.7 Å². The average Bonchev–Trinajstić information content (AvgIpc) is 2.25. The maximum Gasteiger partial charge on any atom is 0.133 e. The van der Waals surface area contributed by atoms with Gasteiger partial charge in [0.2, 0.25) is 0 Å². The highest BCUT2D eigenvalue weighted by atomic mass is 32.2. The average molecular weight is 225 g/mol. The van der Waals surface area contributed by atoms with Crippen molar-refractivity contribution in [3.63, 3.8) is 0 Å². The van der Waals surface area contributed by atoms with Crippen molar-refractivity contribution in [2.24, 2.45) is 5.73 Å². The monoisotopic (exact) mass is 225 g/mol. The van der Waals surface area contributed by atoms with E-state index in [9.17, 15) is 0 Å². The first-order valence-electron chi connectivity index (χ1n) is 5.05. The molecule has 0 amide bonds. The molecule has 1 rings (SSSR count). The van der Waals surface area contributed by atoms with Gasteiger partial charge in [-0.15, -0.1) is 0 Å². The maximum absolute atomic E-state index is 5.75. The van der Waals surface area contributed by atoms with Gasteiger partial charge in [0.25, 0.3) is 0 Å². The second kappa shape index (κ2) is 5.98. The van der Waals surface area contributed by atoms with Crippen LogP contribution in [0.1, 0.15) is 11.1 Å². The van der Waals surface area contributed by atoms with Crippen LogP contribution in [0, 0.1) is 6.92 Å². The van der Waals surface area contributed by atoms with Gasteiger partial charge in [-0.1, -0.05) is 0 Å². The van der Waals surface area contributed by atoms with Crippen LogP contribution in [-0.4, -0.2) is 30.6 Å². The summed E-state index contributed by atoms with van der Waals surface area (Å²) in [6, 6.07) is 2.01. The third-order valence-electron chi connectivity index (χ3n) is 2.46. The maximum atomic E-state index is 5.75. The SMILES string of the molecule is CSCCN(C)c1nccc(C)c1CN. The van der Waals surface area contributed by atoms with Gasteiger partial charge >= 0.3 is 0 Å². The lowest BCUT2D eigenvalue weighted by Gasteiger charge is -2.21. The second-order valence-electron chi connectivity index (χ2n) is 3.55. The number of hydrogen-bond donors (Lipinski definition) is 1. The molecule has 0 saturated heterocycles. The van der Waals surface area contributed by atoms with Gasteiger partial charge < -0.3 is 10.6 Å². The molecule has 0 aliphatic carbocycles. The Kier molecular flexibility index (Phi) is 4.91. The van der Waals surface area contributed by atoms with E-state index in [-0.39, 0.29) is 0 Å². The summed E-state index contributed by atoms with van der Waals surface area (Å²) in [6.07, 6.45) is 3.96. The van der Waals surface area contributed by atoms with Gasteiger partial charge in [-0.05, 0) is 24.8 Å². The Hall–Kier alpha value is -0.740. The van der Waals surface area contributed by atoms with Crippen LogP contribution in [0.3, 0.4) is 0 Å². The standard InChI is InChI=1S/C11H19N3S/c1-9-4-5-13-11(10(9)8-12)14(2)6-7-15-3/h4-5H,6-8,12H2,1-3H3. The number of aromatic nitrogens is 1. The Bertz CT molecular complexity index is 315. The van der Waals surface area contributed by atoms with E-state index in [2.05, 4.69) is 30.1 Å². The highest BCUT2D eigenvalue weighted by molar-refractivity contribution is 7.98. The molecule has 0 atom stereocenters. The number of nitrogens with two attached hydrogens (primary N) is 1. The fourth-order valence-corrected chi connectivity index (χ4v) is 1.95. The second-order valence-corrected chi connectivity index (χ2v) is 4.53. The predicted molar refractivity (Wildman–Crippen MR) is 68.5 cm³/mol. The van der Waals surface area contributed by atoms with Crippen LogP contribution < -0.4 is 10.6 Å². The molecule has 15 heavy (non-hydrogen) atoms. The Balaban J connectivity index is 2.87. The first-order valence-corrected chi connectivity index (χ1v) is 6.44. The minimum Gasteiger partial charge on any atom is -0.359 e. The highest BCUT2D eigenvalue weighted by Crippen LogP contribution is 2.19. The van der Waals surface area contributed by atoms with Gasteiger partial charge in [0.05, 0.1) is 0 Å². The summed E-state index contributed by atoms with van der Waals surface area (Å²) in [5.41, 5.74) is 8.12. The number of anilines is 1. The third kappa shape index (κ3) is 3.11. The van der Waals surface area contributed by atoms with E-state index in [4.69, 9.17) is 5.73 Å². The summed E-state index contributed by atoms with van der Waals surface area (Å²) >= 11 is 1.84. The normalized spacial score (nSPS) is 10.4. The zero-order valence-corrected chi connectivity index (χ0v) is 10.5. The molecule has 0 fully saturated rings. The van der Waals surface area contributed by atoms with Gasteiger partial charge in [-0.3, -0.25) is 0 Å². The van der Waals surface area contributed by atoms with Crippen molar-refractivity contribution in [2.45, 2.75) is 13.5 Å². The van der Waals surface area contributed by atoms with Crippen LogP contribution in [0.2, 0.25) is 0 Å². The molecular formula is C11H19N3S. The summed E-state index contributed by atoms with van der Waals surface area (Å²) in [6.45, 7) is 3.64. The van der Waals surface area contributed by atoms with E-state index < -0.39 is 0 Å². The van der Waals surface area contributed by atoms with Gasteiger partial charge in [0.1, 0.15) is 5.82 Å². The summed E-state index contributed by atoms with van der Waals surface area (Å²) in [4.78, 5) is 6.57. The smallest absolute Gasteiger partial charge is 0.133 e. The molecule has 2 N–H and O–H groups in total. The Labute approximate surface area is 96.1 Å². The van der Waals surface area contributed by atoms with E-state index in [1.165, 1.54) is 5.56 Å². The molecule has 1 heterocycles.